The van der Waals surface area contributed by atoms with Gasteiger partial charge in [0.2, 0.25) is 11.8 Å². The highest BCUT2D eigenvalue weighted by Crippen LogP contribution is 2.33. The smallest absolute Gasteiger partial charge is 0.416 e. The molecule has 1 aliphatic rings. The monoisotopic (exact) mass is 361 g/mol. The number of halogens is 3. The molecule has 0 aliphatic carbocycles. The Hall–Kier alpha value is -3.03. The van der Waals surface area contributed by atoms with Crippen LogP contribution in [0, 0.1) is 0 Å². The predicted octanol–water partition coefficient (Wildman–Crippen LogP) is 4.15. The quantitative estimate of drug-likeness (QED) is 0.701. The third-order valence-corrected chi connectivity index (χ3v) is 4.08. The van der Waals surface area contributed by atoms with Crippen LogP contribution in [0.2, 0.25) is 0 Å². The number of rotatable bonds is 3. The fourth-order valence-electron chi connectivity index (χ4n) is 2.79. The number of benzene rings is 2. The summed E-state index contributed by atoms with van der Waals surface area (Å²) in [5.74, 6) is 1.37. The van der Waals surface area contributed by atoms with E-state index in [1.54, 1.807) is 0 Å². The third kappa shape index (κ3) is 3.22. The van der Waals surface area contributed by atoms with Crippen LogP contribution in [-0.4, -0.2) is 23.3 Å². The second-order valence-electron chi connectivity index (χ2n) is 5.81. The fraction of sp³-hybridized carbons (Fsp3) is 0.222. The van der Waals surface area contributed by atoms with Crippen molar-refractivity contribution in [2.75, 3.05) is 18.1 Å². The van der Waals surface area contributed by atoms with E-state index >= 15 is 0 Å². The molecule has 3 aromatic rings. The average molecular weight is 361 g/mol. The van der Waals surface area contributed by atoms with E-state index < -0.39 is 11.7 Å². The Labute approximate surface area is 147 Å². The van der Waals surface area contributed by atoms with Gasteiger partial charge in [-0.05, 0) is 36.4 Å². The first-order valence-electron chi connectivity index (χ1n) is 7.97. The predicted molar refractivity (Wildman–Crippen MR) is 87.7 cm³/mol. The van der Waals surface area contributed by atoms with Crippen molar-refractivity contribution in [3.8, 4) is 17.2 Å². The summed E-state index contributed by atoms with van der Waals surface area (Å²) in [4.78, 5) is 2.06. The zero-order valence-corrected chi connectivity index (χ0v) is 13.5. The lowest BCUT2D eigenvalue weighted by atomic mass is 10.1. The maximum atomic E-state index is 12.6. The molecule has 0 atom stereocenters. The van der Waals surface area contributed by atoms with Crippen LogP contribution in [0.25, 0.3) is 11.5 Å². The molecule has 0 unspecified atom stereocenters. The number of anilines is 1. The third-order valence-electron chi connectivity index (χ3n) is 4.08. The number of aromatic nitrogens is 2. The molecule has 0 saturated heterocycles. The number of para-hydroxylation sites is 2. The Morgan fingerprint density at radius 3 is 2.54 bits per heavy atom. The Morgan fingerprint density at radius 2 is 1.77 bits per heavy atom. The summed E-state index contributed by atoms with van der Waals surface area (Å²) >= 11 is 0. The van der Waals surface area contributed by atoms with E-state index in [9.17, 15) is 13.2 Å². The number of nitrogens with zero attached hydrogens (tertiary/aromatic N) is 3. The Balaban J connectivity index is 1.52. The summed E-state index contributed by atoms with van der Waals surface area (Å²) in [6, 6.07) is 12.3. The highest BCUT2D eigenvalue weighted by Gasteiger charge is 2.30. The molecule has 5 nitrogen and oxygen atoms in total. The van der Waals surface area contributed by atoms with Crippen molar-refractivity contribution >= 4 is 5.69 Å². The van der Waals surface area contributed by atoms with Crippen molar-refractivity contribution in [3.05, 3.63) is 60.0 Å². The highest BCUT2D eigenvalue weighted by molar-refractivity contribution is 5.59. The van der Waals surface area contributed by atoms with Crippen molar-refractivity contribution in [1.82, 2.24) is 10.2 Å². The van der Waals surface area contributed by atoms with Gasteiger partial charge in [0, 0.05) is 5.56 Å². The van der Waals surface area contributed by atoms with Crippen molar-refractivity contribution in [2.45, 2.75) is 12.7 Å². The van der Waals surface area contributed by atoms with E-state index in [2.05, 4.69) is 15.1 Å². The normalized spacial score (nSPS) is 14.0. The summed E-state index contributed by atoms with van der Waals surface area (Å²) in [6.45, 7) is 1.62. The van der Waals surface area contributed by atoms with Gasteiger partial charge >= 0.3 is 6.18 Å². The van der Waals surface area contributed by atoms with Gasteiger partial charge in [-0.15, -0.1) is 10.2 Å². The van der Waals surface area contributed by atoms with Gasteiger partial charge in [0.15, 0.2) is 0 Å². The molecule has 0 fully saturated rings. The summed E-state index contributed by atoms with van der Waals surface area (Å²) < 4.78 is 49.2. The minimum atomic E-state index is -4.37. The van der Waals surface area contributed by atoms with Gasteiger partial charge < -0.3 is 14.1 Å². The van der Waals surface area contributed by atoms with E-state index in [0.717, 1.165) is 23.6 Å². The lowest BCUT2D eigenvalue weighted by Crippen LogP contribution is -2.32. The molecule has 2 aromatic carbocycles. The molecular weight excluding hydrogens is 347 g/mol. The van der Waals surface area contributed by atoms with Crippen LogP contribution in [0.15, 0.2) is 52.9 Å². The summed E-state index contributed by atoms with van der Waals surface area (Å²) in [5, 5.41) is 7.95. The maximum Gasteiger partial charge on any atom is 0.416 e. The molecular formula is C18H14F3N3O2. The number of ether oxygens (including phenoxy) is 1. The first-order chi connectivity index (χ1) is 12.5. The molecule has 4 rings (SSSR count). The van der Waals surface area contributed by atoms with E-state index in [1.807, 2.05) is 24.3 Å². The minimum absolute atomic E-state index is 0.190. The number of alkyl halides is 3. The summed E-state index contributed by atoms with van der Waals surface area (Å²) in [7, 11) is 0. The second-order valence-corrected chi connectivity index (χ2v) is 5.81. The molecule has 0 amide bonds. The van der Waals surface area contributed by atoms with Gasteiger partial charge in [-0.1, -0.05) is 12.1 Å². The Kier molecular flexibility index (Phi) is 4.02. The van der Waals surface area contributed by atoms with Gasteiger partial charge in [0.25, 0.3) is 0 Å². The van der Waals surface area contributed by atoms with Crippen LogP contribution in [0.1, 0.15) is 11.5 Å². The standard InChI is InChI=1S/C18H14F3N3O2/c19-18(20,21)13-7-5-12(6-8-13)17-23-22-16(26-17)11-24-9-10-25-15-4-2-1-3-14(15)24/h1-8H,9-11H2. The van der Waals surface area contributed by atoms with Gasteiger partial charge in [-0.25, -0.2) is 0 Å². The van der Waals surface area contributed by atoms with Gasteiger partial charge in [0.05, 0.1) is 24.3 Å². The average Bonchev–Trinajstić information content (AvgIpc) is 3.10. The first kappa shape index (κ1) is 16.4. The second kappa shape index (κ2) is 6.36. The number of hydrogen-bond acceptors (Lipinski definition) is 5. The fourth-order valence-corrected chi connectivity index (χ4v) is 2.79. The van der Waals surface area contributed by atoms with Crippen LogP contribution >= 0.6 is 0 Å². The summed E-state index contributed by atoms with van der Waals surface area (Å²) in [6.07, 6.45) is -4.37. The molecule has 8 heteroatoms. The lowest BCUT2D eigenvalue weighted by molar-refractivity contribution is -0.137. The zero-order chi connectivity index (χ0) is 18.1. The van der Waals surface area contributed by atoms with E-state index in [0.29, 0.717) is 31.2 Å². The molecule has 0 bridgehead atoms. The van der Waals surface area contributed by atoms with Crippen LogP contribution in [0.3, 0.4) is 0 Å². The number of hydrogen-bond donors (Lipinski definition) is 0. The van der Waals surface area contributed by atoms with E-state index in [1.165, 1.54) is 12.1 Å². The molecule has 1 aromatic heterocycles. The van der Waals surface area contributed by atoms with Crippen molar-refractivity contribution in [3.63, 3.8) is 0 Å². The minimum Gasteiger partial charge on any atom is -0.490 e. The van der Waals surface area contributed by atoms with Crippen molar-refractivity contribution in [2.24, 2.45) is 0 Å². The van der Waals surface area contributed by atoms with Crippen LogP contribution in [0.5, 0.6) is 5.75 Å². The van der Waals surface area contributed by atoms with Gasteiger partial charge in [-0.3, -0.25) is 0 Å². The van der Waals surface area contributed by atoms with Gasteiger partial charge in [-0.2, -0.15) is 13.2 Å². The van der Waals surface area contributed by atoms with Crippen LogP contribution < -0.4 is 9.64 Å². The zero-order valence-electron chi connectivity index (χ0n) is 13.5. The number of fused-ring (bicyclic) bond motifs is 1. The van der Waals surface area contributed by atoms with Gasteiger partial charge in [0.1, 0.15) is 12.4 Å². The molecule has 1 aliphatic heterocycles. The van der Waals surface area contributed by atoms with Crippen LogP contribution in [0.4, 0.5) is 18.9 Å². The molecule has 0 radical (unpaired) electrons. The van der Waals surface area contributed by atoms with Crippen molar-refractivity contribution < 1.29 is 22.3 Å². The Morgan fingerprint density at radius 1 is 1.00 bits per heavy atom. The molecule has 0 spiro atoms. The first-order valence-corrected chi connectivity index (χ1v) is 7.97. The Bertz CT molecular complexity index is 907. The maximum absolute atomic E-state index is 12.6. The highest BCUT2D eigenvalue weighted by atomic mass is 19.4. The SMILES string of the molecule is FC(F)(F)c1ccc(-c2nnc(CN3CCOc4ccccc43)o2)cc1. The molecule has 2 heterocycles. The molecule has 0 N–H and O–H groups in total. The molecule has 26 heavy (non-hydrogen) atoms. The molecule has 134 valence electrons. The van der Waals surface area contributed by atoms with E-state index in [-0.39, 0.29) is 5.89 Å². The van der Waals surface area contributed by atoms with Crippen molar-refractivity contribution in [1.29, 1.82) is 0 Å². The molecule has 0 saturated carbocycles. The summed E-state index contributed by atoms with van der Waals surface area (Å²) in [5.41, 5.74) is 0.665. The van der Waals surface area contributed by atoms with E-state index in [4.69, 9.17) is 9.15 Å². The topological polar surface area (TPSA) is 51.4 Å². The largest absolute Gasteiger partial charge is 0.490 e. The lowest BCUT2D eigenvalue weighted by Gasteiger charge is -2.29. The van der Waals surface area contributed by atoms with Crippen LogP contribution in [-0.2, 0) is 12.7 Å².